The molecular formula is C32H29F3N2O. The third-order valence-electron chi connectivity index (χ3n) is 6.29. The molecule has 0 aliphatic carbocycles. The van der Waals surface area contributed by atoms with Gasteiger partial charge >= 0.3 is 12.2 Å². The van der Waals surface area contributed by atoms with Crippen LogP contribution in [0.3, 0.4) is 0 Å². The Kier molecular flexibility index (Phi) is 8.98. The van der Waals surface area contributed by atoms with Crippen molar-refractivity contribution in [2.75, 3.05) is 18.4 Å². The van der Waals surface area contributed by atoms with Gasteiger partial charge in [-0.1, -0.05) is 115 Å². The van der Waals surface area contributed by atoms with Crippen LogP contribution >= 0.6 is 0 Å². The number of hydrogen-bond donors (Lipinski definition) is 1. The van der Waals surface area contributed by atoms with Gasteiger partial charge in [0.05, 0.1) is 11.3 Å². The van der Waals surface area contributed by atoms with Crippen molar-refractivity contribution in [3.63, 3.8) is 0 Å². The second kappa shape index (κ2) is 12.8. The van der Waals surface area contributed by atoms with E-state index >= 15 is 0 Å². The van der Waals surface area contributed by atoms with Crippen molar-refractivity contribution in [3.05, 3.63) is 144 Å². The van der Waals surface area contributed by atoms with E-state index in [1.807, 2.05) is 78.9 Å². The van der Waals surface area contributed by atoms with Crippen molar-refractivity contribution in [1.29, 1.82) is 0 Å². The highest BCUT2D eigenvalue weighted by atomic mass is 19.4. The molecule has 0 heterocycles. The highest BCUT2D eigenvalue weighted by molar-refractivity contribution is 5.90. The summed E-state index contributed by atoms with van der Waals surface area (Å²) in [6, 6.07) is 34.1. The van der Waals surface area contributed by atoms with Gasteiger partial charge in [0, 0.05) is 19.0 Å². The molecule has 0 aliphatic rings. The molecule has 1 N–H and O–H groups in total. The molecule has 38 heavy (non-hydrogen) atoms. The molecule has 0 saturated heterocycles. The van der Waals surface area contributed by atoms with E-state index in [-0.39, 0.29) is 18.2 Å². The van der Waals surface area contributed by atoms with Crippen LogP contribution in [0, 0.1) is 0 Å². The lowest BCUT2D eigenvalue weighted by Crippen LogP contribution is -2.37. The second-order valence-corrected chi connectivity index (χ2v) is 8.90. The smallest absolute Gasteiger partial charge is 0.321 e. The summed E-state index contributed by atoms with van der Waals surface area (Å²) < 4.78 is 40.6. The van der Waals surface area contributed by atoms with Crippen LogP contribution in [-0.2, 0) is 6.18 Å². The van der Waals surface area contributed by atoms with E-state index in [0.717, 1.165) is 22.8 Å². The predicted molar refractivity (Wildman–Crippen MR) is 147 cm³/mol. The first-order valence-electron chi connectivity index (χ1n) is 12.5. The van der Waals surface area contributed by atoms with E-state index in [4.69, 9.17) is 0 Å². The number of hydrogen-bond acceptors (Lipinski definition) is 1. The number of carbonyl (C=O) groups excluding carboxylic acids is 1. The Morgan fingerprint density at radius 2 is 1.29 bits per heavy atom. The Morgan fingerprint density at radius 3 is 1.87 bits per heavy atom. The van der Waals surface area contributed by atoms with Gasteiger partial charge in [-0.2, -0.15) is 13.2 Å². The van der Waals surface area contributed by atoms with Crippen LogP contribution in [0.5, 0.6) is 0 Å². The van der Waals surface area contributed by atoms with E-state index < -0.39 is 17.8 Å². The largest absolute Gasteiger partial charge is 0.418 e. The number of anilines is 1. The first-order chi connectivity index (χ1) is 18.4. The summed E-state index contributed by atoms with van der Waals surface area (Å²) in [5, 5.41) is 2.50. The van der Waals surface area contributed by atoms with Crippen LogP contribution in [0.2, 0.25) is 0 Å². The number of para-hydroxylation sites is 1. The quantitative estimate of drug-likeness (QED) is 0.239. The molecule has 0 radical (unpaired) electrons. The average molecular weight is 515 g/mol. The van der Waals surface area contributed by atoms with Gasteiger partial charge in [0.2, 0.25) is 0 Å². The zero-order valence-corrected chi connectivity index (χ0v) is 20.8. The first kappa shape index (κ1) is 26.7. The van der Waals surface area contributed by atoms with Crippen molar-refractivity contribution >= 4 is 17.8 Å². The van der Waals surface area contributed by atoms with E-state index in [1.54, 1.807) is 4.90 Å². The van der Waals surface area contributed by atoms with Crippen molar-refractivity contribution in [2.45, 2.75) is 18.5 Å². The van der Waals surface area contributed by atoms with Gasteiger partial charge in [-0.05, 0) is 35.2 Å². The van der Waals surface area contributed by atoms with Crippen molar-refractivity contribution in [3.8, 4) is 0 Å². The summed E-state index contributed by atoms with van der Waals surface area (Å²) in [5.74, 6) is 0.0215. The maximum Gasteiger partial charge on any atom is 0.418 e. The number of alkyl halides is 3. The molecule has 4 aromatic rings. The molecule has 0 atom stereocenters. The van der Waals surface area contributed by atoms with Crippen molar-refractivity contribution in [1.82, 2.24) is 4.90 Å². The molecule has 3 nitrogen and oxygen atoms in total. The van der Waals surface area contributed by atoms with Gasteiger partial charge in [0.15, 0.2) is 0 Å². The van der Waals surface area contributed by atoms with Crippen LogP contribution in [0.15, 0.2) is 121 Å². The lowest BCUT2D eigenvalue weighted by molar-refractivity contribution is -0.136. The molecule has 4 rings (SSSR count). The monoisotopic (exact) mass is 514 g/mol. The van der Waals surface area contributed by atoms with Gasteiger partial charge < -0.3 is 10.2 Å². The predicted octanol–water partition coefficient (Wildman–Crippen LogP) is 8.47. The number of urea groups is 1. The Hall–Kier alpha value is -4.32. The summed E-state index contributed by atoms with van der Waals surface area (Å²) in [6.45, 7) is 0.582. The molecule has 2 amide bonds. The normalized spacial score (nSPS) is 11.6. The maximum absolute atomic E-state index is 13.5. The summed E-state index contributed by atoms with van der Waals surface area (Å²) in [4.78, 5) is 14.9. The van der Waals surface area contributed by atoms with Crippen LogP contribution in [0.1, 0.15) is 34.6 Å². The zero-order chi connectivity index (χ0) is 26.8. The van der Waals surface area contributed by atoms with Gasteiger partial charge in [-0.25, -0.2) is 4.79 Å². The molecule has 6 heteroatoms. The number of nitrogens with one attached hydrogen (secondary N) is 1. The van der Waals surface area contributed by atoms with E-state index in [2.05, 4.69) is 29.6 Å². The summed E-state index contributed by atoms with van der Waals surface area (Å²) in [5.41, 5.74) is 2.06. The number of nitrogens with zero attached hydrogens (tertiary/aromatic N) is 1. The highest BCUT2D eigenvalue weighted by Crippen LogP contribution is 2.35. The lowest BCUT2D eigenvalue weighted by Gasteiger charge is -2.26. The zero-order valence-electron chi connectivity index (χ0n) is 20.8. The second-order valence-electron chi connectivity index (χ2n) is 8.90. The highest BCUT2D eigenvalue weighted by Gasteiger charge is 2.34. The van der Waals surface area contributed by atoms with Crippen LogP contribution in [-0.4, -0.2) is 24.0 Å². The number of benzene rings is 4. The third kappa shape index (κ3) is 7.35. The maximum atomic E-state index is 13.5. The minimum Gasteiger partial charge on any atom is -0.321 e. The van der Waals surface area contributed by atoms with E-state index in [9.17, 15) is 18.0 Å². The molecule has 0 aliphatic heterocycles. The first-order valence-corrected chi connectivity index (χ1v) is 12.5. The molecule has 0 aromatic heterocycles. The Bertz CT molecular complexity index is 1280. The van der Waals surface area contributed by atoms with Gasteiger partial charge in [0.1, 0.15) is 0 Å². The molecule has 0 bridgehead atoms. The molecule has 4 aromatic carbocycles. The van der Waals surface area contributed by atoms with Gasteiger partial charge in [0.25, 0.3) is 0 Å². The van der Waals surface area contributed by atoms with Gasteiger partial charge in [-0.15, -0.1) is 0 Å². The Balaban J connectivity index is 1.57. The molecular weight excluding hydrogens is 485 g/mol. The standard InChI is InChI=1S/C32H29F3N2O/c33-32(34,35)29-20-10-11-21-30(29)36-31(38)37(23-12-15-25-13-4-1-5-14-25)24-22-28(26-16-6-2-7-17-26)27-18-8-3-9-19-27/h1-21,28H,22-24H2,(H,36,38)/b15-12+. The van der Waals surface area contributed by atoms with E-state index in [0.29, 0.717) is 13.0 Å². The SMILES string of the molecule is O=C(Nc1ccccc1C(F)(F)F)N(C/C=C/c1ccccc1)CCC(c1ccccc1)c1ccccc1. The lowest BCUT2D eigenvalue weighted by atomic mass is 9.88. The summed E-state index contributed by atoms with van der Waals surface area (Å²) >= 11 is 0. The minimum atomic E-state index is -4.58. The molecule has 0 saturated carbocycles. The number of carbonyl (C=O) groups is 1. The average Bonchev–Trinajstić information content (AvgIpc) is 2.93. The topological polar surface area (TPSA) is 32.3 Å². The van der Waals surface area contributed by atoms with Crippen LogP contribution in [0.4, 0.5) is 23.7 Å². The Morgan fingerprint density at radius 1 is 0.763 bits per heavy atom. The van der Waals surface area contributed by atoms with Gasteiger partial charge in [-0.3, -0.25) is 0 Å². The van der Waals surface area contributed by atoms with Crippen molar-refractivity contribution < 1.29 is 18.0 Å². The van der Waals surface area contributed by atoms with Crippen molar-refractivity contribution in [2.24, 2.45) is 0 Å². The molecule has 0 unspecified atom stereocenters. The fraction of sp³-hybridized carbons (Fsp3) is 0.156. The molecule has 0 spiro atoms. The summed E-state index contributed by atoms with van der Waals surface area (Å²) in [6.07, 6.45) is -0.227. The number of halogens is 3. The van der Waals surface area contributed by atoms with E-state index in [1.165, 1.54) is 18.2 Å². The van der Waals surface area contributed by atoms with Crippen LogP contribution < -0.4 is 5.32 Å². The Labute approximate surface area is 221 Å². The molecule has 0 fully saturated rings. The summed E-state index contributed by atoms with van der Waals surface area (Å²) in [7, 11) is 0. The van der Waals surface area contributed by atoms with Crippen LogP contribution in [0.25, 0.3) is 6.08 Å². The third-order valence-corrected chi connectivity index (χ3v) is 6.29. The fourth-order valence-corrected chi connectivity index (χ4v) is 4.37. The molecule has 194 valence electrons. The number of rotatable bonds is 9. The minimum absolute atomic E-state index is 0.0215. The number of amides is 2. The fourth-order valence-electron chi connectivity index (χ4n) is 4.37.